The van der Waals surface area contributed by atoms with Gasteiger partial charge in [-0.15, -0.1) is 0 Å². The summed E-state index contributed by atoms with van der Waals surface area (Å²) < 4.78 is 0. The highest BCUT2D eigenvalue weighted by Gasteiger charge is 2.36. The fraction of sp³-hybridized carbons (Fsp3) is 1.00. The summed E-state index contributed by atoms with van der Waals surface area (Å²) in [6, 6.07) is 1.44. The summed E-state index contributed by atoms with van der Waals surface area (Å²) in [5, 5.41) is 9.68. The molecule has 0 aliphatic carbocycles. The molecule has 5 aliphatic heterocycles. The van der Waals surface area contributed by atoms with Crippen LogP contribution < -0.4 is 28.7 Å². The minimum atomic E-state index is -0.335. The number of hydrogen-bond donors (Lipinski definition) is 6. The van der Waals surface area contributed by atoms with Crippen molar-refractivity contribution in [2.24, 2.45) is 58.3 Å². The standard InChI is InChI=1S/C10H22N2O.4C10H22N2.CH4/c1-7-5-12(10(2,3)4)6-8(11)9(7)13;4*1-8-5-9(11)7-12(6-8)10(2,3)4;/h7-9,13H,5-6,11H2,1-4H3;4*8-9H,5-7,11H2,1-4H3;1H4/t7-,8+,9+;4*8-,9+;/m11100./s1. The maximum Gasteiger partial charge on any atom is 0.0741 e. The van der Waals surface area contributed by atoms with E-state index in [4.69, 9.17) is 28.7 Å². The SMILES string of the molecule is C.C[C@@H]1CN(C(C)(C)C)C[C@H](N)[C@H]1O.C[C@@H]1C[C@H](N)CN(C(C)(C)C)C1.C[C@@H]1C[C@H](N)CN(C(C)(C)C)C1.C[C@H]1C[C@@H](N)CN(C(C)(C)C)C1.C[C@H]1C[C@@H](N)CN(C(C)(C)C)C1. The summed E-state index contributed by atoms with van der Waals surface area (Å²) >= 11 is 0. The van der Waals surface area contributed by atoms with Crippen molar-refractivity contribution in [1.29, 1.82) is 0 Å². The van der Waals surface area contributed by atoms with Gasteiger partial charge in [0, 0.05) is 123 Å². The molecule has 0 aromatic heterocycles. The number of nitrogens with zero attached hydrogens (tertiary/aromatic N) is 5. The van der Waals surface area contributed by atoms with E-state index in [0.29, 0.717) is 24.2 Å². The lowest BCUT2D eigenvalue weighted by Gasteiger charge is -2.45. The highest BCUT2D eigenvalue weighted by atomic mass is 16.3. The van der Waals surface area contributed by atoms with Gasteiger partial charge in [-0.2, -0.15) is 0 Å². The summed E-state index contributed by atoms with van der Waals surface area (Å²) in [5.74, 6) is 3.31. The lowest BCUT2D eigenvalue weighted by atomic mass is 9.89. The first-order valence-corrected chi connectivity index (χ1v) is 24.6. The topological polar surface area (TPSA) is 167 Å². The molecule has 5 aliphatic rings. The van der Waals surface area contributed by atoms with Crippen LogP contribution in [-0.4, -0.2) is 159 Å². The maximum absolute atomic E-state index is 9.68. The van der Waals surface area contributed by atoms with E-state index in [9.17, 15) is 5.11 Å². The Balaban J connectivity index is 0.000000747. The molecule has 5 fully saturated rings. The van der Waals surface area contributed by atoms with Crippen LogP contribution >= 0.6 is 0 Å². The maximum atomic E-state index is 9.68. The quantitative estimate of drug-likeness (QED) is 0.150. The van der Waals surface area contributed by atoms with E-state index < -0.39 is 0 Å². The summed E-state index contributed by atoms with van der Waals surface area (Å²) in [4.78, 5) is 12.3. The first-order chi connectivity index (χ1) is 27.4. The molecule has 0 spiro atoms. The molecule has 0 aromatic rings. The van der Waals surface area contributed by atoms with Gasteiger partial charge in [0.05, 0.1) is 6.10 Å². The third-order valence-electron chi connectivity index (χ3n) is 13.5. The van der Waals surface area contributed by atoms with Crippen LogP contribution in [0.15, 0.2) is 0 Å². The van der Waals surface area contributed by atoms with Gasteiger partial charge < -0.3 is 33.8 Å². The summed E-state index contributed by atoms with van der Waals surface area (Å²) in [7, 11) is 0. The predicted octanol–water partition coefficient (Wildman–Crippen LogP) is 6.88. The number of likely N-dealkylation sites (tertiary alicyclic amines) is 5. The Kier molecular flexibility index (Phi) is 25.4. The molecule has 11 atom stereocenters. The van der Waals surface area contributed by atoms with E-state index in [2.05, 4.69) is 163 Å². The first-order valence-electron chi connectivity index (χ1n) is 24.6. The van der Waals surface area contributed by atoms with Crippen molar-refractivity contribution in [2.45, 2.75) is 236 Å². The van der Waals surface area contributed by atoms with Crippen LogP contribution in [0, 0.1) is 29.6 Å². The Hall–Kier alpha value is -0.440. The number of aliphatic hydroxyl groups excluding tert-OH is 1. The van der Waals surface area contributed by atoms with Gasteiger partial charge in [-0.1, -0.05) is 42.0 Å². The molecule has 62 heavy (non-hydrogen) atoms. The van der Waals surface area contributed by atoms with Crippen molar-refractivity contribution in [3.05, 3.63) is 0 Å². The van der Waals surface area contributed by atoms with Crippen molar-refractivity contribution >= 4 is 0 Å². The van der Waals surface area contributed by atoms with Crippen molar-refractivity contribution in [2.75, 3.05) is 65.4 Å². The van der Waals surface area contributed by atoms with Gasteiger partial charge in [-0.3, -0.25) is 24.5 Å². The van der Waals surface area contributed by atoms with Gasteiger partial charge in [0.2, 0.25) is 0 Å². The van der Waals surface area contributed by atoms with Gasteiger partial charge in [0.1, 0.15) is 0 Å². The summed E-state index contributed by atoms with van der Waals surface area (Å²) in [5.41, 5.74) is 31.0. The summed E-state index contributed by atoms with van der Waals surface area (Å²) in [6.45, 7) is 55.7. The molecule has 374 valence electrons. The van der Waals surface area contributed by atoms with Crippen LogP contribution in [0.4, 0.5) is 0 Å². The molecule has 11 heteroatoms. The van der Waals surface area contributed by atoms with E-state index in [1.54, 1.807) is 0 Å². The van der Waals surface area contributed by atoms with Gasteiger partial charge in [0.15, 0.2) is 0 Å². The van der Waals surface area contributed by atoms with Crippen LogP contribution in [-0.2, 0) is 0 Å². The highest BCUT2D eigenvalue weighted by Crippen LogP contribution is 2.26. The van der Waals surface area contributed by atoms with Crippen molar-refractivity contribution in [3.63, 3.8) is 0 Å². The molecule has 11 N–H and O–H groups in total. The first kappa shape index (κ1) is 61.6. The second-order valence-electron chi connectivity index (χ2n) is 25.9. The lowest BCUT2D eigenvalue weighted by molar-refractivity contribution is -0.0160. The van der Waals surface area contributed by atoms with Crippen molar-refractivity contribution < 1.29 is 5.11 Å². The Morgan fingerprint density at radius 2 is 0.532 bits per heavy atom. The zero-order chi connectivity index (χ0) is 47.6. The fourth-order valence-electron chi connectivity index (χ4n) is 9.65. The van der Waals surface area contributed by atoms with E-state index in [0.717, 1.165) is 62.9 Å². The lowest BCUT2D eigenvalue weighted by Crippen LogP contribution is -2.60. The minimum Gasteiger partial charge on any atom is -0.391 e. The van der Waals surface area contributed by atoms with E-state index in [-0.39, 0.29) is 53.2 Å². The number of rotatable bonds is 0. The van der Waals surface area contributed by atoms with E-state index >= 15 is 0 Å². The van der Waals surface area contributed by atoms with Gasteiger partial charge in [-0.25, -0.2) is 0 Å². The van der Waals surface area contributed by atoms with Crippen molar-refractivity contribution in [1.82, 2.24) is 24.5 Å². The Morgan fingerprint density at radius 1 is 0.339 bits per heavy atom. The average Bonchev–Trinajstić information content (AvgIpc) is 3.04. The molecule has 0 radical (unpaired) electrons. The molecule has 0 saturated carbocycles. The molecule has 0 unspecified atom stereocenters. The average molecular weight is 884 g/mol. The number of hydrogen-bond acceptors (Lipinski definition) is 11. The minimum absolute atomic E-state index is 0. The third kappa shape index (κ3) is 23.3. The molecule has 0 bridgehead atoms. The predicted molar refractivity (Wildman–Crippen MR) is 274 cm³/mol. The molecule has 0 amide bonds. The molecule has 5 rings (SSSR count). The van der Waals surface area contributed by atoms with Crippen LogP contribution in [0.2, 0.25) is 0 Å². The van der Waals surface area contributed by atoms with Crippen LogP contribution in [0.25, 0.3) is 0 Å². The zero-order valence-corrected chi connectivity index (χ0v) is 44.3. The molecule has 0 aromatic carbocycles. The van der Waals surface area contributed by atoms with Gasteiger partial charge in [-0.05, 0) is 159 Å². The Bertz CT molecular complexity index is 1000. The van der Waals surface area contributed by atoms with Crippen LogP contribution in [0.1, 0.15) is 172 Å². The van der Waals surface area contributed by atoms with E-state index in [1.807, 2.05) is 0 Å². The molecule has 11 nitrogen and oxygen atoms in total. The largest absolute Gasteiger partial charge is 0.391 e. The molecular weight excluding hydrogens is 769 g/mol. The Labute approximate surface area is 387 Å². The second kappa shape index (κ2) is 25.6. The molecule has 5 heterocycles. The monoisotopic (exact) mass is 883 g/mol. The normalized spacial score (nSPS) is 34.1. The van der Waals surface area contributed by atoms with Crippen LogP contribution in [0.3, 0.4) is 0 Å². The van der Waals surface area contributed by atoms with E-state index in [1.165, 1.54) is 51.9 Å². The molecular formula is C51H114N10O. The van der Waals surface area contributed by atoms with Crippen LogP contribution in [0.5, 0.6) is 0 Å². The number of nitrogens with two attached hydrogens (primary N) is 5. The second-order valence-corrected chi connectivity index (χ2v) is 25.9. The number of piperidine rings is 5. The smallest absolute Gasteiger partial charge is 0.0741 e. The molecule has 5 saturated heterocycles. The summed E-state index contributed by atoms with van der Waals surface area (Å²) in [6.07, 6.45) is 4.41. The van der Waals surface area contributed by atoms with Crippen molar-refractivity contribution in [3.8, 4) is 0 Å². The third-order valence-corrected chi connectivity index (χ3v) is 13.5. The van der Waals surface area contributed by atoms with Gasteiger partial charge >= 0.3 is 0 Å². The Morgan fingerprint density at radius 3 is 0.694 bits per heavy atom. The zero-order valence-electron chi connectivity index (χ0n) is 44.3. The number of aliphatic hydroxyl groups is 1. The fourth-order valence-corrected chi connectivity index (χ4v) is 9.65. The van der Waals surface area contributed by atoms with Gasteiger partial charge in [0.25, 0.3) is 0 Å². The highest BCUT2D eigenvalue weighted by molar-refractivity contribution is 4.93.